The predicted octanol–water partition coefficient (Wildman–Crippen LogP) is 1.05. The van der Waals surface area contributed by atoms with Crippen LogP contribution in [0, 0.1) is 5.92 Å². The first kappa shape index (κ1) is 15.7. The van der Waals surface area contributed by atoms with Crippen LogP contribution in [0.1, 0.15) is 26.7 Å². The van der Waals surface area contributed by atoms with Gasteiger partial charge in [0, 0.05) is 11.5 Å². The number of carbonyl (C=O) groups excluding carboxylic acids is 1. The molecule has 0 saturated heterocycles. The number of aliphatic hydroxyl groups is 2. The summed E-state index contributed by atoms with van der Waals surface area (Å²) in [6.07, 6.45) is 1.21. The second kappa shape index (κ2) is 9.93. The highest BCUT2D eigenvalue weighted by Crippen LogP contribution is 2.11. The molecule has 0 aliphatic carbocycles. The minimum absolute atomic E-state index is 0.159. The fourth-order valence-corrected chi connectivity index (χ4v) is 1.96. The van der Waals surface area contributed by atoms with Gasteiger partial charge in [-0.05, 0) is 6.42 Å². The highest BCUT2D eigenvalue weighted by atomic mass is 32.2. The molecule has 0 saturated carbocycles. The number of ether oxygens (including phenoxy) is 1. The second-order valence-corrected chi connectivity index (χ2v) is 4.87. The number of rotatable bonds is 9. The average molecular weight is 250 g/mol. The summed E-state index contributed by atoms with van der Waals surface area (Å²) in [5, 5.41) is 17.7. The molecule has 0 fully saturated rings. The van der Waals surface area contributed by atoms with Crippen molar-refractivity contribution in [1.29, 1.82) is 0 Å². The molecule has 2 unspecified atom stereocenters. The standard InChI is InChI=1S/C11H22O4S/c1-3-4-5-15-11(14)9(2)7-16-8-10(13)6-12/h9-10,12-13H,3-8H2,1-2H3. The van der Waals surface area contributed by atoms with E-state index in [-0.39, 0.29) is 18.5 Å². The number of carbonyl (C=O) groups is 1. The lowest BCUT2D eigenvalue weighted by atomic mass is 10.2. The van der Waals surface area contributed by atoms with Crippen molar-refractivity contribution in [3.05, 3.63) is 0 Å². The van der Waals surface area contributed by atoms with Crippen LogP contribution in [-0.2, 0) is 9.53 Å². The van der Waals surface area contributed by atoms with E-state index >= 15 is 0 Å². The minimum Gasteiger partial charge on any atom is -0.465 e. The van der Waals surface area contributed by atoms with Gasteiger partial charge in [-0.25, -0.2) is 0 Å². The van der Waals surface area contributed by atoms with Crippen molar-refractivity contribution in [1.82, 2.24) is 0 Å². The van der Waals surface area contributed by atoms with Gasteiger partial charge in [0.05, 0.1) is 25.2 Å². The Bertz CT molecular complexity index is 187. The van der Waals surface area contributed by atoms with Crippen LogP contribution in [0.4, 0.5) is 0 Å². The maximum absolute atomic E-state index is 11.4. The molecule has 16 heavy (non-hydrogen) atoms. The normalized spacial score (nSPS) is 14.5. The maximum Gasteiger partial charge on any atom is 0.309 e. The Morgan fingerprint density at radius 3 is 2.69 bits per heavy atom. The molecular weight excluding hydrogens is 228 g/mol. The van der Waals surface area contributed by atoms with Gasteiger partial charge in [-0.1, -0.05) is 20.3 Å². The largest absolute Gasteiger partial charge is 0.465 e. The molecule has 0 bridgehead atoms. The van der Waals surface area contributed by atoms with Crippen molar-refractivity contribution in [3.63, 3.8) is 0 Å². The Hall–Kier alpha value is -0.260. The zero-order chi connectivity index (χ0) is 12.4. The lowest BCUT2D eigenvalue weighted by molar-refractivity contribution is -0.147. The van der Waals surface area contributed by atoms with Crippen LogP contribution in [0.15, 0.2) is 0 Å². The lowest BCUT2D eigenvalue weighted by Gasteiger charge is -2.12. The SMILES string of the molecule is CCCCOC(=O)C(C)CSCC(O)CO. The summed E-state index contributed by atoms with van der Waals surface area (Å²) in [6, 6.07) is 0. The Morgan fingerprint density at radius 1 is 1.44 bits per heavy atom. The molecule has 5 heteroatoms. The van der Waals surface area contributed by atoms with Gasteiger partial charge in [0.15, 0.2) is 0 Å². The van der Waals surface area contributed by atoms with Gasteiger partial charge in [-0.3, -0.25) is 4.79 Å². The van der Waals surface area contributed by atoms with E-state index in [0.29, 0.717) is 18.1 Å². The fourth-order valence-electron chi connectivity index (χ4n) is 0.961. The van der Waals surface area contributed by atoms with Gasteiger partial charge >= 0.3 is 5.97 Å². The van der Waals surface area contributed by atoms with E-state index in [4.69, 9.17) is 14.9 Å². The molecule has 0 heterocycles. The van der Waals surface area contributed by atoms with Crippen LogP contribution in [0.2, 0.25) is 0 Å². The highest BCUT2D eigenvalue weighted by Gasteiger charge is 2.14. The molecule has 96 valence electrons. The highest BCUT2D eigenvalue weighted by molar-refractivity contribution is 7.99. The van der Waals surface area contributed by atoms with Crippen molar-refractivity contribution < 1.29 is 19.7 Å². The molecule has 2 atom stereocenters. The summed E-state index contributed by atoms with van der Waals surface area (Å²) in [4.78, 5) is 11.4. The zero-order valence-electron chi connectivity index (χ0n) is 10.0. The van der Waals surface area contributed by atoms with Crippen molar-refractivity contribution in [2.24, 2.45) is 5.92 Å². The first-order valence-electron chi connectivity index (χ1n) is 5.65. The Labute approximate surface area is 101 Å². The molecule has 0 aliphatic rings. The summed E-state index contributed by atoms with van der Waals surface area (Å²) >= 11 is 1.45. The molecule has 0 aromatic rings. The second-order valence-electron chi connectivity index (χ2n) is 3.80. The van der Waals surface area contributed by atoms with E-state index < -0.39 is 6.10 Å². The van der Waals surface area contributed by atoms with Crippen molar-refractivity contribution in [2.75, 3.05) is 24.7 Å². The number of hydrogen-bond acceptors (Lipinski definition) is 5. The van der Waals surface area contributed by atoms with Gasteiger partial charge < -0.3 is 14.9 Å². The monoisotopic (exact) mass is 250 g/mol. The van der Waals surface area contributed by atoms with E-state index in [9.17, 15) is 4.79 Å². The van der Waals surface area contributed by atoms with Crippen LogP contribution in [0.25, 0.3) is 0 Å². The smallest absolute Gasteiger partial charge is 0.309 e. The average Bonchev–Trinajstić information content (AvgIpc) is 2.28. The van der Waals surface area contributed by atoms with Crippen molar-refractivity contribution >= 4 is 17.7 Å². The van der Waals surface area contributed by atoms with Gasteiger partial charge in [0.1, 0.15) is 0 Å². The number of thioether (sulfide) groups is 1. The van der Waals surface area contributed by atoms with Crippen molar-refractivity contribution in [2.45, 2.75) is 32.8 Å². The molecule has 0 spiro atoms. The summed E-state index contributed by atoms with van der Waals surface area (Å²) in [5.41, 5.74) is 0. The number of hydrogen-bond donors (Lipinski definition) is 2. The van der Waals surface area contributed by atoms with E-state index in [0.717, 1.165) is 12.8 Å². The first-order chi connectivity index (χ1) is 7.61. The summed E-state index contributed by atoms with van der Waals surface area (Å²) in [5.74, 6) is 0.720. The van der Waals surface area contributed by atoms with Gasteiger partial charge in [0.2, 0.25) is 0 Å². The van der Waals surface area contributed by atoms with E-state index in [1.807, 2.05) is 13.8 Å². The van der Waals surface area contributed by atoms with E-state index in [1.165, 1.54) is 11.8 Å². The number of aliphatic hydroxyl groups excluding tert-OH is 2. The Morgan fingerprint density at radius 2 is 2.12 bits per heavy atom. The zero-order valence-corrected chi connectivity index (χ0v) is 10.8. The predicted molar refractivity (Wildman–Crippen MR) is 65.4 cm³/mol. The number of esters is 1. The molecule has 2 N–H and O–H groups in total. The van der Waals surface area contributed by atoms with Crippen molar-refractivity contribution in [3.8, 4) is 0 Å². The molecular formula is C11H22O4S. The van der Waals surface area contributed by atoms with E-state index in [1.54, 1.807) is 0 Å². The number of unbranched alkanes of at least 4 members (excludes halogenated alkanes) is 1. The Kier molecular flexibility index (Phi) is 9.77. The van der Waals surface area contributed by atoms with Gasteiger partial charge in [-0.2, -0.15) is 11.8 Å². The molecule has 0 aromatic carbocycles. The van der Waals surface area contributed by atoms with Gasteiger partial charge in [0.25, 0.3) is 0 Å². The third-order valence-electron chi connectivity index (χ3n) is 2.03. The third-order valence-corrected chi connectivity index (χ3v) is 3.39. The summed E-state index contributed by atoms with van der Waals surface area (Å²) in [6.45, 7) is 4.11. The quantitative estimate of drug-likeness (QED) is 0.473. The Balaban J connectivity index is 3.55. The third kappa shape index (κ3) is 7.96. The first-order valence-corrected chi connectivity index (χ1v) is 6.80. The summed E-state index contributed by atoms with van der Waals surface area (Å²) in [7, 11) is 0. The fraction of sp³-hybridized carbons (Fsp3) is 0.909. The van der Waals surface area contributed by atoms with Crippen LogP contribution in [-0.4, -0.2) is 47.0 Å². The molecule has 0 rings (SSSR count). The van der Waals surface area contributed by atoms with Crippen LogP contribution >= 0.6 is 11.8 Å². The van der Waals surface area contributed by atoms with E-state index in [2.05, 4.69) is 0 Å². The van der Waals surface area contributed by atoms with Crippen LogP contribution < -0.4 is 0 Å². The van der Waals surface area contributed by atoms with Gasteiger partial charge in [-0.15, -0.1) is 0 Å². The van der Waals surface area contributed by atoms with Crippen LogP contribution in [0.3, 0.4) is 0 Å². The molecule has 0 aromatic heterocycles. The van der Waals surface area contributed by atoms with Crippen LogP contribution in [0.5, 0.6) is 0 Å². The molecule has 0 aliphatic heterocycles. The lowest BCUT2D eigenvalue weighted by Crippen LogP contribution is -2.20. The molecule has 0 radical (unpaired) electrons. The molecule has 0 amide bonds. The topological polar surface area (TPSA) is 66.8 Å². The molecule has 4 nitrogen and oxygen atoms in total. The maximum atomic E-state index is 11.4. The summed E-state index contributed by atoms with van der Waals surface area (Å²) < 4.78 is 5.06. The minimum atomic E-state index is -0.701.